The molecule has 1 aliphatic rings. The van der Waals surface area contributed by atoms with Crippen molar-refractivity contribution in [3.8, 4) is 0 Å². The number of amides is 1. The van der Waals surface area contributed by atoms with Crippen LogP contribution in [0.3, 0.4) is 0 Å². The molecule has 16 heavy (non-hydrogen) atoms. The van der Waals surface area contributed by atoms with E-state index in [2.05, 4.69) is 5.32 Å². The highest BCUT2D eigenvalue weighted by molar-refractivity contribution is 5.85. The average Bonchev–Trinajstić information content (AvgIpc) is 2.26. The van der Waals surface area contributed by atoms with Crippen LogP contribution < -0.4 is 11.1 Å². The monoisotopic (exact) mass is 250 g/mol. The van der Waals surface area contributed by atoms with E-state index in [1.54, 1.807) is 0 Å². The van der Waals surface area contributed by atoms with Crippen LogP contribution in [0.1, 0.15) is 26.7 Å². The summed E-state index contributed by atoms with van der Waals surface area (Å²) in [6.45, 7) is 6.22. The van der Waals surface area contributed by atoms with Crippen molar-refractivity contribution in [2.24, 2.45) is 17.6 Å². The van der Waals surface area contributed by atoms with E-state index in [9.17, 15) is 4.79 Å². The van der Waals surface area contributed by atoms with E-state index < -0.39 is 6.04 Å². The van der Waals surface area contributed by atoms with Crippen molar-refractivity contribution in [2.75, 3.05) is 19.8 Å². The lowest BCUT2D eigenvalue weighted by Crippen LogP contribution is -2.46. The van der Waals surface area contributed by atoms with Gasteiger partial charge in [-0.25, -0.2) is 0 Å². The molecule has 0 aromatic carbocycles. The van der Waals surface area contributed by atoms with Gasteiger partial charge in [-0.2, -0.15) is 0 Å². The predicted molar refractivity (Wildman–Crippen MR) is 66.6 cm³/mol. The Bertz CT molecular complexity index is 206. The minimum atomic E-state index is -0.394. The highest BCUT2D eigenvalue weighted by Crippen LogP contribution is 2.12. The van der Waals surface area contributed by atoms with Gasteiger partial charge in [-0.15, -0.1) is 12.4 Å². The van der Waals surface area contributed by atoms with Gasteiger partial charge in [0.25, 0.3) is 0 Å². The Morgan fingerprint density at radius 1 is 1.56 bits per heavy atom. The van der Waals surface area contributed by atoms with Crippen molar-refractivity contribution in [1.29, 1.82) is 0 Å². The number of hydrogen-bond donors (Lipinski definition) is 2. The average molecular weight is 251 g/mol. The normalized spacial score (nSPS) is 22.4. The molecule has 1 rings (SSSR count). The fraction of sp³-hybridized carbons (Fsp3) is 0.909. The third-order valence-corrected chi connectivity index (χ3v) is 2.84. The summed E-state index contributed by atoms with van der Waals surface area (Å²) in [5, 5.41) is 2.89. The summed E-state index contributed by atoms with van der Waals surface area (Å²) < 4.78 is 5.34. The fourth-order valence-corrected chi connectivity index (χ4v) is 1.63. The number of hydrogen-bond acceptors (Lipinski definition) is 3. The third-order valence-electron chi connectivity index (χ3n) is 2.84. The van der Waals surface area contributed by atoms with Gasteiger partial charge in [0.15, 0.2) is 0 Å². The molecule has 5 heteroatoms. The van der Waals surface area contributed by atoms with Gasteiger partial charge >= 0.3 is 0 Å². The van der Waals surface area contributed by atoms with Gasteiger partial charge in [0.1, 0.15) is 0 Å². The van der Waals surface area contributed by atoms with Crippen LogP contribution in [-0.2, 0) is 9.53 Å². The number of halogens is 1. The van der Waals surface area contributed by atoms with E-state index >= 15 is 0 Å². The van der Waals surface area contributed by atoms with Crippen molar-refractivity contribution >= 4 is 18.3 Å². The molecule has 0 aliphatic carbocycles. The minimum absolute atomic E-state index is 0. The quantitative estimate of drug-likeness (QED) is 0.780. The number of ether oxygens (including phenoxy) is 1. The molecule has 0 aromatic heterocycles. The SMILES string of the molecule is CC(C)[C@H](N)C(=O)NCC1CCCOC1.Cl. The molecule has 96 valence electrons. The Morgan fingerprint density at radius 3 is 2.75 bits per heavy atom. The molecule has 0 saturated carbocycles. The molecule has 0 radical (unpaired) electrons. The summed E-state index contributed by atoms with van der Waals surface area (Å²) in [5.74, 6) is 0.602. The zero-order chi connectivity index (χ0) is 11.3. The molecule has 4 nitrogen and oxygen atoms in total. The van der Waals surface area contributed by atoms with Crippen molar-refractivity contribution in [1.82, 2.24) is 5.32 Å². The van der Waals surface area contributed by atoms with Crippen molar-refractivity contribution in [3.05, 3.63) is 0 Å². The molecule has 1 heterocycles. The number of nitrogens with one attached hydrogen (secondary N) is 1. The largest absolute Gasteiger partial charge is 0.381 e. The van der Waals surface area contributed by atoms with Crippen LogP contribution in [-0.4, -0.2) is 31.7 Å². The molecule has 0 aromatic rings. The van der Waals surface area contributed by atoms with E-state index in [0.717, 1.165) is 26.1 Å². The van der Waals surface area contributed by atoms with Gasteiger partial charge in [0, 0.05) is 13.2 Å². The molecular formula is C11H23ClN2O2. The molecule has 1 saturated heterocycles. The highest BCUT2D eigenvalue weighted by Gasteiger charge is 2.19. The van der Waals surface area contributed by atoms with Crippen molar-refractivity contribution in [3.63, 3.8) is 0 Å². The Morgan fingerprint density at radius 2 is 2.25 bits per heavy atom. The van der Waals surface area contributed by atoms with E-state index in [1.165, 1.54) is 0 Å². The van der Waals surface area contributed by atoms with Crippen LogP contribution in [0, 0.1) is 11.8 Å². The van der Waals surface area contributed by atoms with Crippen LogP contribution in [0.25, 0.3) is 0 Å². The smallest absolute Gasteiger partial charge is 0.237 e. The maximum absolute atomic E-state index is 11.6. The first kappa shape index (κ1) is 15.7. The summed E-state index contributed by atoms with van der Waals surface area (Å²) >= 11 is 0. The van der Waals surface area contributed by atoms with E-state index in [0.29, 0.717) is 12.5 Å². The number of carbonyl (C=O) groups excluding carboxylic acids is 1. The van der Waals surface area contributed by atoms with E-state index in [-0.39, 0.29) is 24.2 Å². The second-order valence-electron chi connectivity index (χ2n) is 4.60. The molecule has 1 fully saturated rings. The standard InChI is InChI=1S/C11H22N2O2.ClH/c1-8(2)10(12)11(14)13-6-9-4-3-5-15-7-9;/h8-10H,3-7,12H2,1-2H3,(H,13,14);1H/t9?,10-;/m0./s1. The maximum Gasteiger partial charge on any atom is 0.237 e. The molecule has 0 bridgehead atoms. The van der Waals surface area contributed by atoms with Gasteiger partial charge in [-0.3, -0.25) is 4.79 Å². The Hall–Kier alpha value is -0.320. The maximum atomic E-state index is 11.6. The van der Waals surface area contributed by atoms with Crippen molar-refractivity contribution in [2.45, 2.75) is 32.7 Å². The second-order valence-corrected chi connectivity index (χ2v) is 4.60. The third kappa shape index (κ3) is 5.14. The fourth-order valence-electron chi connectivity index (χ4n) is 1.63. The summed E-state index contributed by atoms with van der Waals surface area (Å²) in [6.07, 6.45) is 2.23. The van der Waals surface area contributed by atoms with Crippen LogP contribution in [0.5, 0.6) is 0 Å². The number of rotatable bonds is 4. The first-order valence-corrected chi connectivity index (χ1v) is 5.72. The molecule has 0 spiro atoms. The highest BCUT2D eigenvalue weighted by atomic mass is 35.5. The lowest BCUT2D eigenvalue weighted by atomic mass is 10.0. The summed E-state index contributed by atoms with van der Waals surface area (Å²) in [4.78, 5) is 11.6. The Balaban J connectivity index is 0.00000225. The second kappa shape index (κ2) is 7.87. The molecule has 1 aliphatic heterocycles. The van der Waals surface area contributed by atoms with Crippen LogP contribution in [0.2, 0.25) is 0 Å². The minimum Gasteiger partial charge on any atom is -0.381 e. The van der Waals surface area contributed by atoms with Gasteiger partial charge in [-0.05, 0) is 24.7 Å². The van der Waals surface area contributed by atoms with E-state index in [1.807, 2.05) is 13.8 Å². The topological polar surface area (TPSA) is 64.4 Å². The lowest BCUT2D eigenvalue weighted by molar-refractivity contribution is -0.123. The summed E-state index contributed by atoms with van der Waals surface area (Å²) in [7, 11) is 0. The van der Waals surface area contributed by atoms with E-state index in [4.69, 9.17) is 10.5 Å². The van der Waals surface area contributed by atoms with Gasteiger partial charge in [0.2, 0.25) is 5.91 Å². The molecule has 1 unspecified atom stereocenters. The number of carbonyl (C=O) groups is 1. The van der Waals surface area contributed by atoms with Crippen LogP contribution >= 0.6 is 12.4 Å². The van der Waals surface area contributed by atoms with Gasteiger partial charge in [-0.1, -0.05) is 13.8 Å². The molecule has 2 atom stereocenters. The number of nitrogens with two attached hydrogens (primary N) is 1. The zero-order valence-electron chi connectivity index (χ0n) is 10.1. The van der Waals surface area contributed by atoms with Crippen LogP contribution in [0.4, 0.5) is 0 Å². The lowest BCUT2D eigenvalue weighted by Gasteiger charge is -2.23. The van der Waals surface area contributed by atoms with Crippen molar-refractivity contribution < 1.29 is 9.53 Å². The zero-order valence-corrected chi connectivity index (χ0v) is 10.9. The summed E-state index contributed by atoms with van der Waals surface area (Å²) in [5.41, 5.74) is 5.73. The Labute approximate surface area is 104 Å². The predicted octanol–water partition coefficient (Wildman–Crippen LogP) is 0.934. The summed E-state index contributed by atoms with van der Waals surface area (Å²) in [6, 6.07) is -0.394. The molecule has 3 N–H and O–H groups in total. The van der Waals surface area contributed by atoms with Gasteiger partial charge in [0.05, 0.1) is 12.6 Å². The first-order valence-electron chi connectivity index (χ1n) is 5.72. The molecule has 1 amide bonds. The Kier molecular flexibility index (Phi) is 7.72. The molecular weight excluding hydrogens is 228 g/mol. The van der Waals surface area contributed by atoms with Gasteiger partial charge < -0.3 is 15.8 Å². The first-order chi connectivity index (χ1) is 7.11. The van der Waals surface area contributed by atoms with Crippen LogP contribution in [0.15, 0.2) is 0 Å².